The molecule has 0 N–H and O–H groups in total. The topological polar surface area (TPSA) is 76.6 Å². The Kier molecular flexibility index (Phi) is 6.61. The highest BCUT2D eigenvalue weighted by atomic mass is 16.5. The van der Waals surface area contributed by atoms with Crippen LogP contribution in [-0.4, -0.2) is 70.4 Å². The predicted molar refractivity (Wildman–Crippen MR) is 108 cm³/mol. The first-order chi connectivity index (χ1) is 14.3. The first-order valence-electron chi connectivity index (χ1n) is 10.7. The Bertz CT molecular complexity index is 794. The van der Waals surface area contributed by atoms with Crippen LogP contribution in [0.5, 0.6) is 0 Å². The fourth-order valence-electron chi connectivity index (χ4n) is 4.37. The number of nitrogens with zero attached hydrogens (tertiary/aromatic N) is 5. The van der Waals surface area contributed by atoms with Gasteiger partial charge in [-0.05, 0) is 32.4 Å². The molecule has 1 saturated heterocycles. The Balaban J connectivity index is 1.50. The Hall–Kier alpha value is -2.19. The minimum atomic E-state index is 0.218. The largest absolute Gasteiger partial charge is 0.451 e. The van der Waals surface area contributed by atoms with E-state index in [4.69, 9.17) is 14.3 Å². The van der Waals surface area contributed by atoms with E-state index in [0.717, 1.165) is 56.0 Å². The maximum atomic E-state index is 13.0. The van der Waals surface area contributed by atoms with Crippen molar-refractivity contribution in [3.8, 4) is 11.4 Å². The monoisotopic (exact) mass is 401 g/mol. The number of carbonyl (C=O) groups excluding carboxylic acids is 1. The molecular formula is C21H31N5O3. The standard InChI is InChI=1S/C21H31N5O3/c1-28-12-6-10-26-19-7-11-25(20(27)14-24-8-4-2-3-5-9-24)13-17(19)21(23-26)18-15-29-16-22-18/h15-16H,2-14H2,1H3. The number of hydrogen-bond acceptors (Lipinski definition) is 6. The second-order valence-corrected chi connectivity index (χ2v) is 7.97. The molecule has 2 aliphatic rings. The molecule has 2 aromatic rings. The smallest absolute Gasteiger partial charge is 0.237 e. The molecule has 4 rings (SSSR count). The summed E-state index contributed by atoms with van der Waals surface area (Å²) in [5, 5.41) is 4.82. The van der Waals surface area contributed by atoms with Gasteiger partial charge in [0.2, 0.25) is 5.91 Å². The van der Waals surface area contributed by atoms with Crippen molar-refractivity contribution in [2.75, 3.05) is 39.9 Å². The number of hydrogen-bond donors (Lipinski definition) is 0. The third kappa shape index (κ3) is 4.70. The normalized spacial score (nSPS) is 17.9. The number of ether oxygens (including phenoxy) is 1. The first-order valence-corrected chi connectivity index (χ1v) is 10.7. The molecule has 0 radical (unpaired) electrons. The van der Waals surface area contributed by atoms with Crippen LogP contribution in [0.1, 0.15) is 43.4 Å². The maximum absolute atomic E-state index is 13.0. The van der Waals surface area contributed by atoms with E-state index in [9.17, 15) is 4.79 Å². The van der Waals surface area contributed by atoms with Gasteiger partial charge in [-0.25, -0.2) is 4.98 Å². The maximum Gasteiger partial charge on any atom is 0.237 e. The number of methoxy groups -OCH3 is 1. The van der Waals surface area contributed by atoms with Gasteiger partial charge < -0.3 is 14.1 Å². The average Bonchev–Trinajstić information content (AvgIpc) is 3.30. The lowest BCUT2D eigenvalue weighted by atomic mass is 10.0. The fourth-order valence-corrected chi connectivity index (χ4v) is 4.37. The minimum absolute atomic E-state index is 0.218. The van der Waals surface area contributed by atoms with Crippen molar-refractivity contribution in [2.45, 2.75) is 51.6 Å². The summed E-state index contributed by atoms with van der Waals surface area (Å²) in [6, 6.07) is 0. The molecule has 158 valence electrons. The van der Waals surface area contributed by atoms with Crippen LogP contribution in [0.4, 0.5) is 0 Å². The molecular weight excluding hydrogens is 370 g/mol. The van der Waals surface area contributed by atoms with Crippen LogP contribution in [0, 0.1) is 0 Å². The molecule has 0 aliphatic carbocycles. The van der Waals surface area contributed by atoms with Crippen molar-refractivity contribution >= 4 is 5.91 Å². The van der Waals surface area contributed by atoms with E-state index >= 15 is 0 Å². The van der Waals surface area contributed by atoms with Crippen molar-refractivity contribution in [2.24, 2.45) is 0 Å². The zero-order chi connectivity index (χ0) is 20.1. The molecule has 8 nitrogen and oxygen atoms in total. The van der Waals surface area contributed by atoms with Crippen molar-refractivity contribution in [1.29, 1.82) is 0 Å². The number of aryl methyl sites for hydroxylation is 1. The zero-order valence-corrected chi connectivity index (χ0v) is 17.3. The Morgan fingerprint density at radius 3 is 2.76 bits per heavy atom. The van der Waals surface area contributed by atoms with E-state index in [1.807, 2.05) is 4.90 Å². The summed E-state index contributed by atoms with van der Waals surface area (Å²) in [4.78, 5) is 21.6. The van der Waals surface area contributed by atoms with E-state index in [1.165, 1.54) is 37.8 Å². The third-order valence-corrected chi connectivity index (χ3v) is 5.94. The molecule has 2 aliphatic heterocycles. The van der Waals surface area contributed by atoms with Crippen molar-refractivity contribution in [1.82, 2.24) is 24.6 Å². The Morgan fingerprint density at radius 1 is 1.21 bits per heavy atom. The van der Waals surface area contributed by atoms with E-state index in [-0.39, 0.29) is 5.91 Å². The summed E-state index contributed by atoms with van der Waals surface area (Å²) in [5.74, 6) is 0.218. The fraction of sp³-hybridized carbons (Fsp3) is 0.667. The molecule has 4 heterocycles. The minimum Gasteiger partial charge on any atom is -0.451 e. The second kappa shape index (κ2) is 9.54. The number of aromatic nitrogens is 3. The number of fused-ring (bicyclic) bond motifs is 1. The number of oxazole rings is 1. The molecule has 1 fully saturated rings. The molecule has 29 heavy (non-hydrogen) atoms. The highest BCUT2D eigenvalue weighted by Gasteiger charge is 2.29. The summed E-state index contributed by atoms with van der Waals surface area (Å²) in [7, 11) is 1.72. The zero-order valence-electron chi connectivity index (χ0n) is 17.3. The van der Waals surface area contributed by atoms with Gasteiger partial charge in [0, 0.05) is 51.0 Å². The number of likely N-dealkylation sites (tertiary alicyclic amines) is 1. The van der Waals surface area contributed by atoms with Gasteiger partial charge in [-0.3, -0.25) is 14.4 Å². The molecule has 0 bridgehead atoms. The highest BCUT2D eigenvalue weighted by molar-refractivity contribution is 5.79. The lowest BCUT2D eigenvalue weighted by molar-refractivity contribution is -0.133. The summed E-state index contributed by atoms with van der Waals surface area (Å²) in [6.07, 6.45) is 9.72. The summed E-state index contributed by atoms with van der Waals surface area (Å²) < 4.78 is 12.4. The van der Waals surface area contributed by atoms with Crippen LogP contribution in [-0.2, 0) is 29.0 Å². The van der Waals surface area contributed by atoms with Crippen molar-refractivity contribution in [3.63, 3.8) is 0 Å². The molecule has 0 atom stereocenters. The second-order valence-electron chi connectivity index (χ2n) is 7.97. The predicted octanol–water partition coefficient (Wildman–Crippen LogP) is 2.34. The molecule has 2 aromatic heterocycles. The summed E-state index contributed by atoms with van der Waals surface area (Å²) >= 11 is 0. The van der Waals surface area contributed by atoms with Gasteiger partial charge in [0.25, 0.3) is 0 Å². The van der Waals surface area contributed by atoms with Crippen LogP contribution in [0.25, 0.3) is 11.4 Å². The van der Waals surface area contributed by atoms with Crippen LogP contribution in [0.3, 0.4) is 0 Å². The van der Waals surface area contributed by atoms with Gasteiger partial charge >= 0.3 is 0 Å². The van der Waals surface area contributed by atoms with E-state index in [2.05, 4.69) is 14.6 Å². The summed E-state index contributed by atoms with van der Waals surface area (Å²) in [5.41, 5.74) is 3.87. The highest BCUT2D eigenvalue weighted by Crippen LogP contribution is 2.29. The van der Waals surface area contributed by atoms with Crippen molar-refractivity contribution in [3.05, 3.63) is 23.9 Å². The van der Waals surface area contributed by atoms with Gasteiger partial charge in [-0.1, -0.05) is 12.8 Å². The lowest BCUT2D eigenvalue weighted by Gasteiger charge is -2.30. The number of amides is 1. The van der Waals surface area contributed by atoms with Gasteiger partial charge in [-0.15, -0.1) is 0 Å². The van der Waals surface area contributed by atoms with E-state index in [0.29, 0.717) is 19.7 Å². The molecule has 0 spiro atoms. The number of rotatable bonds is 7. The molecule has 1 amide bonds. The van der Waals surface area contributed by atoms with E-state index < -0.39 is 0 Å². The first kappa shape index (κ1) is 20.1. The van der Waals surface area contributed by atoms with Gasteiger partial charge in [0.15, 0.2) is 6.39 Å². The average molecular weight is 402 g/mol. The summed E-state index contributed by atoms with van der Waals surface area (Å²) in [6.45, 7) is 5.43. The quantitative estimate of drug-likeness (QED) is 0.663. The van der Waals surface area contributed by atoms with E-state index in [1.54, 1.807) is 13.4 Å². The Labute approximate surface area is 171 Å². The van der Waals surface area contributed by atoms with Crippen LogP contribution < -0.4 is 0 Å². The molecule has 8 heteroatoms. The third-order valence-electron chi connectivity index (χ3n) is 5.94. The number of carbonyl (C=O) groups is 1. The Morgan fingerprint density at radius 2 is 2.03 bits per heavy atom. The molecule has 0 unspecified atom stereocenters. The van der Waals surface area contributed by atoms with Crippen LogP contribution in [0.2, 0.25) is 0 Å². The van der Waals surface area contributed by atoms with Gasteiger partial charge in [-0.2, -0.15) is 5.10 Å². The molecule has 0 saturated carbocycles. The lowest BCUT2D eigenvalue weighted by Crippen LogP contribution is -2.43. The van der Waals surface area contributed by atoms with Crippen LogP contribution in [0.15, 0.2) is 17.1 Å². The van der Waals surface area contributed by atoms with Gasteiger partial charge in [0.05, 0.1) is 6.54 Å². The SMILES string of the molecule is COCCCn1nc(-c2cocn2)c2c1CCN(C(=O)CN1CCCCCC1)C2. The molecule has 0 aromatic carbocycles. The van der Waals surface area contributed by atoms with Crippen LogP contribution >= 0.6 is 0 Å². The van der Waals surface area contributed by atoms with Crippen molar-refractivity contribution < 1.29 is 13.9 Å². The van der Waals surface area contributed by atoms with Gasteiger partial charge in [0.1, 0.15) is 17.7 Å².